The highest BCUT2D eigenvalue weighted by molar-refractivity contribution is 8.02. The summed E-state index contributed by atoms with van der Waals surface area (Å²) in [5, 5.41) is 2.23. The van der Waals surface area contributed by atoms with Crippen molar-refractivity contribution in [1.29, 1.82) is 0 Å². The Bertz CT molecular complexity index is 103. The third-order valence-corrected chi connectivity index (χ3v) is 2.19. The first kappa shape index (κ1) is 11.1. The zero-order valence-electron chi connectivity index (χ0n) is 8.13. The van der Waals surface area contributed by atoms with Crippen LogP contribution < -0.4 is 0 Å². The zero-order valence-corrected chi connectivity index (χ0v) is 8.95. The summed E-state index contributed by atoms with van der Waals surface area (Å²) in [7, 11) is 0. The Hall–Kier alpha value is 0.0900. The molecule has 66 valence electrons. The molecule has 0 aromatic carbocycles. The van der Waals surface area contributed by atoms with Crippen molar-refractivity contribution in [3.05, 3.63) is 11.5 Å². The highest BCUT2D eigenvalue weighted by Gasteiger charge is 1.91. The number of rotatable bonds is 5. The maximum Gasteiger partial charge on any atom is -0.00236 e. The Morgan fingerprint density at radius 1 is 1.18 bits per heavy atom. The molecule has 0 aromatic rings. The first-order chi connectivity index (χ1) is 5.13. The van der Waals surface area contributed by atoms with Gasteiger partial charge in [-0.2, -0.15) is 0 Å². The first-order valence-electron chi connectivity index (χ1n) is 4.41. The summed E-state index contributed by atoms with van der Waals surface area (Å²) in [6, 6.07) is 0. The average Bonchev–Trinajstić information content (AvgIpc) is 1.85. The molecule has 1 heteroatoms. The first-order valence-corrected chi connectivity index (χ1v) is 5.46. The van der Waals surface area contributed by atoms with Crippen LogP contribution in [0.25, 0.3) is 0 Å². The molecule has 0 aliphatic carbocycles. The van der Waals surface area contributed by atoms with E-state index in [1.54, 1.807) is 0 Å². The van der Waals surface area contributed by atoms with Crippen molar-refractivity contribution in [3.8, 4) is 0 Å². The molecule has 0 radical (unpaired) electrons. The molecule has 0 saturated carbocycles. The molecule has 0 aliphatic rings. The monoisotopic (exact) mass is 172 g/mol. The molecule has 0 bridgehead atoms. The third-order valence-electron chi connectivity index (χ3n) is 1.37. The average molecular weight is 172 g/mol. The van der Waals surface area contributed by atoms with E-state index in [-0.39, 0.29) is 0 Å². The van der Waals surface area contributed by atoms with Crippen LogP contribution in [0, 0.1) is 11.8 Å². The normalized spacial score (nSPS) is 12.2. The number of allylic oxidation sites excluding steroid dienone is 1. The fourth-order valence-electron chi connectivity index (χ4n) is 0.584. The van der Waals surface area contributed by atoms with E-state index in [0.717, 1.165) is 5.92 Å². The predicted octanol–water partition coefficient (Wildman–Crippen LogP) is 3.94. The predicted molar refractivity (Wildman–Crippen MR) is 55.9 cm³/mol. The van der Waals surface area contributed by atoms with Crippen LogP contribution in [0.15, 0.2) is 11.5 Å². The lowest BCUT2D eigenvalue weighted by atomic mass is 10.2. The molecule has 0 rings (SSSR count). The van der Waals surface area contributed by atoms with E-state index in [2.05, 4.69) is 39.2 Å². The molecule has 0 heterocycles. The lowest BCUT2D eigenvalue weighted by Gasteiger charge is -2.00. The minimum atomic E-state index is 0.696. The molecule has 0 aliphatic heterocycles. The largest absolute Gasteiger partial charge is 0.134 e. The molecule has 0 N–H and O–H groups in total. The van der Waals surface area contributed by atoms with Gasteiger partial charge in [-0.15, -0.1) is 11.8 Å². The summed E-state index contributed by atoms with van der Waals surface area (Å²) < 4.78 is 0. The van der Waals surface area contributed by atoms with Crippen LogP contribution in [0.1, 0.15) is 34.1 Å². The second kappa shape index (κ2) is 6.78. The molecule has 0 atom stereocenters. The van der Waals surface area contributed by atoms with Crippen LogP contribution in [-0.4, -0.2) is 5.75 Å². The Labute approximate surface area is 75.5 Å². The van der Waals surface area contributed by atoms with Crippen molar-refractivity contribution >= 4 is 11.8 Å². The topological polar surface area (TPSA) is 0 Å². The SMILES string of the molecule is CC(C)/C=C\SCCC(C)C. The number of hydrogen-bond donors (Lipinski definition) is 0. The molecule has 0 saturated heterocycles. The van der Waals surface area contributed by atoms with Gasteiger partial charge in [0.15, 0.2) is 0 Å². The molecular weight excluding hydrogens is 152 g/mol. The lowest BCUT2D eigenvalue weighted by molar-refractivity contribution is 0.632. The summed E-state index contributed by atoms with van der Waals surface area (Å²) in [4.78, 5) is 0. The van der Waals surface area contributed by atoms with Crippen molar-refractivity contribution in [1.82, 2.24) is 0 Å². The van der Waals surface area contributed by atoms with Crippen molar-refractivity contribution in [2.24, 2.45) is 11.8 Å². The highest BCUT2D eigenvalue weighted by Crippen LogP contribution is 2.10. The molecule has 0 nitrogen and oxygen atoms in total. The van der Waals surface area contributed by atoms with Crippen molar-refractivity contribution in [2.75, 3.05) is 5.75 Å². The van der Waals surface area contributed by atoms with Crippen molar-refractivity contribution < 1.29 is 0 Å². The van der Waals surface area contributed by atoms with Gasteiger partial charge in [0.2, 0.25) is 0 Å². The maximum absolute atomic E-state index is 2.27. The van der Waals surface area contributed by atoms with Gasteiger partial charge in [-0.05, 0) is 29.4 Å². The van der Waals surface area contributed by atoms with Gasteiger partial charge in [0, 0.05) is 0 Å². The summed E-state index contributed by atoms with van der Waals surface area (Å²) >= 11 is 1.93. The van der Waals surface area contributed by atoms with Crippen molar-refractivity contribution in [2.45, 2.75) is 34.1 Å². The minimum Gasteiger partial charge on any atom is -0.134 e. The smallest absolute Gasteiger partial charge is 0.00236 e. The lowest BCUT2D eigenvalue weighted by Crippen LogP contribution is -1.87. The molecule has 0 unspecified atom stereocenters. The molecular formula is C10H20S. The summed E-state index contributed by atoms with van der Waals surface area (Å²) in [5.41, 5.74) is 0. The fraction of sp³-hybridized carbons (Fsp3) is 0.800. The Morgan fingerprint density at radius 2 is 1.82 bits per heavy atom. The van der Waals surface area contributed by atoms with Gasteiger partial charge in [0.1, 0.15) is 0 Å². The van der Waals surface area contributed by atoms with Gasteiger partial charge in [0.05, 0.1) is 0 Å². The van der Waals surface area contributed by atoms with Crippen LogP contribution in [0.3, 0.4) is 0 Å². The van der Waals surface area contributed by atoms with Gasteiger partial charge in [-0.3, -0.25) is 0 Å². The Balaban J connectivity index is 3.14. The molecule has 0 aromatic heterocycles. The second-order valence-electron chi connectivity index (χ2n) is 3.63. The fourth-order valence-corrected chi connectivity index (χ4v) is 1.75. The zero-order chi connectivity index (χ0) is 8.69. The quantitative estimate of drug-likeness (QED) is 0.566. The molecule has 0 amide bonds. The van der Waals surface area contributed by atoms with Gasteiger partial charge in [-0.1, -0.05) is 33.8 Å². The van der Waals surface area contributed by atoms with E-state index in [0.29, 0.717) is 5.92 Å². The minimum absolute atomic E-state index is 0.696. The van der Waals surface area contributed by atoms with Gasteiger partial charge in [0.25, 0.3) is 0 Å². The van der Waals surface area contributed by atoms with E-state index >= 15 is 0 Å². The molecule has 11 heavy (non-hydrogen) atoms. The van der Waals surface area contributed by atoms with Gasteiger partial charge in [-0.25, -0.2) is 0 Å². The van der Waals surface area contributed by atoms with Gasteiger partial charge < -0.3 is 0 Å². The van der Waals surface area contributed by atoms with Crippen LogP contribution >= 0.6 is 11.8 Å². The molecule has 0 fully saturated rings. The van der Waals surface area contributed by atoms with Crippen LogP contribution in [0.5, 0.6) is 0 Å². The second-order valence-corrected chi connectivity index (χ2v) is 4.64. The summed E-state index contributed by atoms with van der Waals surface area (Å²) in [5.74, 6) is 2.80. The highest BCUT2D eigenvalue weighted by atomic mass is 32.2. The van der Waals surface area contributed by atoms with E-state index in [4.69, 9.17) is 0 Å². The van der Waals surface area contributed by atoms with Crippen molar-refractivity contribution in [3.63, 3.8) is 0 Å². The van der Waals surface area contributed by atoms with Gasteiger partial charge >= 0.3 is 0 Å². The van der Waals surface area contributed by atoms with E-state index < -0.39 is 0 Å². The molecule has 0 spiro atoms. The van der Waals surface area contributed by atoms with E-state index in [1.807, 2.05) is 11.8 Å². The summed E-state index contributed by atoms with van der Waals surface area (Å²) in [6.07, 6.45) is 3.58. The Morgan fingerprint density at radius 3 is 2.27 bits per heavy atom. The number of thioether (sulfide) groups is 1. The summed E-state index contributed by atoms with van der Waals surface area (Å²) in [6.45, 7) is 8.96. The van der Waals surface area contributed by atoms with Crippen LogP contribution in [0.4, 0.5) is 0 Å². The maximum atomic E-state index is 2.27. The third kappa shape index (κ3) is 10.1. The Kier molecular flexibility index (Phi) is 6.83. The van der Waals surface area contributed by atoms with Crippen LogP contribution in [-0.2, 0) is 0 Å². The standard InChI is InChI=1S/C10H20S/c1-9(2)5-7-11-8-6-10(3)4/h5,7,9-10H,6,8H2,1-4H3/b7-5-. The van der Waals surface area contributed by atoms with E-state index in [1.165, 1.54) is 12.2 Å². The van der Waals surface area contributed by atoms with E-state index in [9.17, 15) is 0 Å². The number of hydrogen-bond acceptors (Lipinski definition) is 1. The van der Waals surface area contributed by atoms with Crippen LogP contribution in [0.2, 0.25) is 0 Å².